The van der Waals surface area contributed by atoms with Crippen molar-refractivity contribution in [3.63, 3.8) is 0 Å². The summed E-state index contributed by atoms with van der Waals surface area (Å²) in [5.41, 5.74) is 2.14. The number of carboxylic acid groups (broad SMARTS) is 1. The molecule has 0 aliphatic rings. The van der Waals surface area contributed by atoms with Gasteiger partial charge in [0.2, 0.25) is 0 Å². The summed E-state index contributed by atoms with van der Waals surface area (Å²) in [6, 6.07) is 3.54. The number of likely N-dealkylation sites (N-methyl/N-ethyl adjacent to an activating group) is 1. The van der Waals surface area contributed by atoms with E-state index in [-0.39, 0.29) is 12.5 Å². The van der Waals surface area contributed by atoms with Gasteiger partial charge in [-0.25, -0.2) is 0 Å². The normalized spacial score (nSPS) is 10.1. The van der Waals surface area contributed by atoms with Gasteiger partial charge < -0.3 is 14.7 Å². The van der Waals surface area contributed by atoms with Crippen LogP contribution >= 0.6 is 0 Å². The minimum atomic E-state index is -1.03. The van der Waals surface area contributed by atoms with Crippen LogP contribution in [0.3, 0.4) is 0 Å². The van der Waals surface area contributed by atoms with E-state index in [4.69, 9.17) is 9.84 Å². The van der Waals surface area contributed by atoms with Crippen LogP contribution in [-0.2, 0) is 4.79 Å². The van der Waals surface area contributed by atoms with Crippen molar-refractivity contribution in [1.82, 2.24) is 4.90 Å². The number of benzene rings is 1. The molecule has 0 spiro atoms. The number of hydrogen-bond acceptors (Lipinski definition) is 3. The summed E-state index contributed by atoms with van der Waals surface area (Å²) in [5.74, 6) is -0.584. The fourth-order valence-corrected chi connectivity index (χ4v) is 1.81. The third kappa shape index (κ3) is 3.71. The second-order valence-corrected chi connectivity index (χ2v) is 4.42. The topological polar surface area (TPSA) is 66.8 Å². The van der Waals surface area contributed by atoms with Crippen LogP contribution in [0.15, 0.2) is 12.1 Å². The fraction of sp³-hybridized carbons (Fsp3) is 0.429. The Morgan fingerprint density at radius 3 is 2.42 bits per heavy atom. The second-order valence-electron chi connectivity index (χ2n) is 4.42. The maximum absolute atomic E-state index is 12.1. The highest BCUT2D eigenvalue weighted by Crippen LogP contribution is 2.23. The average Bonchev–Trinajstić information content (AvgIpc) is 2.32. The molecule has 1 rings (SSSR count). The highest BCUT2D eigenvalue weighted by molar-refractivity contribution is 5.97. The largest absolute Gasteiger partial charge is 0.494 e. The van der Waals surface area contributed by atoms with Crippen molar-refractivity contribution in [1.29, 1.82) is 0 Å². The van der Waals surface area contributed by atoms with E-state index in [1.54, 1.807) is 12.1 Å². The van der Waals surface area contributed by atoms with Crippen molar-refractivity contribution >= 4 is 11.9 Å². The van der Waals surface area contributed by atoms with Crippen LogP contribution in [0, 0.1) is 13.8 Å². The van der Waals surface area contributed by atoms with E-state index in [0.29, 0.717) is 12.2 Å². The van der Waals surface area contributed by atoms with Crippen LogP contribution in [-0.4, -0.2) is 42.1 Å². The van der Waals surface area contributed by atoms with Crippen molar-refractivity contribution in [2.24, 2.45) is 0 Å². The first-order chi connectivity index (χ1) is 8.86. The highest BCUT2D eigenvalue weighted by Gasteiger charge is 2.17. The summed E-state index contributed by atoms with van der Waals surface area (Å²) >= 11 is 0. The molecule has 0 saturated heterocycles. The summed E-state index contributed by atoms with van der Waals surface area (Å²) in [6.07, 6.45) is 0. The zero-order chi connectivity index (χ0) is 14.6. The highest BCUT2D eigenvalue weighted by atomic mass is 16.5. The number of rotatable bonds is 5. The monoisotopic (exact) mass is 265 g/mol. The molecule has 0 fully saturated rings. The molecule has 0 bridgehead atoms. The van der Waals surface area contributed by atoms with Gasteiger partial charge in [-0.15, -0.1) is 0 Å². The molecule has 0 aromatic heterocycles. The number of carbonyl (C=O) groups excluding carboxylic acids is 1. The third-order valence-corrected chi connectivity index (χ3v) is 2.77. The molecule has 1 amide bonds. The standard InChI is InChI=1S/C14H19NO4/c1-5-19-12-7-9(2)11(6-10(12)3)14(18)15(4)8-13(16)17/h6-7H,5,8H2,1-4H3,(H,16,17). The van der Waals surface area contributed by atoms with Crippen LogP contribution in [0.4, 0.5) is 0 Å². The number of nitrogens with zero attached hydrogens (tertiary/aromatic N) is 1. The second kappa shape index (κ2) is 6.22. The summed E-state index contributed by atoms with van der Waals surface area (Å²) in [5, 5.41) is 8.70. The van der Waals surface area contributed by atoms with Gasteiger partial charge in [-0.05, 0) is 44.0 Å². The van der Waals surface area contributed by atoms with E-state index in [0.717, 1.165) is 16.9 Å². The molecule has 0 radical (unpaired) electrons. The first kappa shape index (κ1) is 15.0. The molecule has 104 valence electrons. The van der Waals surface area contributed by atoms with Crippen LogP contribution in [0.25, 0.3) is 0 Å². The van der Waals surface area contributed by atoms with Crippen LogP contribution in [0.5, 0.6) is 5.75 Å². The van der Waals surface area contributed by atoms with E-state index in [9.17, 15) is 9.59 Å². The van der Waals surface area contributed by atoms with E-state index >= 15 is 0 Å². The van der Waals surface area contributed by atoms with Gasteiger partial charge in [-0.2, -0.15) is 0 Å². The number of hydrogen-bond donors (Lipinski definition) is 1. The van der Waals surface area contributed by atoms with Gasteiger partial charge in [-0.3, -0.25) is 9.59 Å². The maximum atomic E-state index is 12.1. The minimum Gasteiger partial charge on any atom is -0.494 e. The zero-order valence-corrected chi connectivity index (χ0v) is 11.7. The number of aryl methyl sites for hydroxylation is 2. The molecular formula is C14H19NO4. The quantitative estimate of drug-likeness (QED) is 0.882. The van der Waals surface area contributed by atoms with E-state index < -0.39 is 5.97 Å². The van der Waals surface area contributed by atoms with E-state index in [2.05, 4.69) is 0 Å². The summed E-state index contributed by atoms with van der Waals surface area (Å²) < 4.78 is 5.46. The number of amides is 1. The molecule has 0 unspecified atom stereocenters. The van der Waals surface area contributed by atoms with Gasteiger partial charge in [0.1, 0.15) is 12.3 Å². The van der Waals surface area contributed by atoms with Gasteiger partial charge in [0.25, 0.3) is 5.91 Å². The molecule has 0 aliphatic heterocycles. The number of carboxylic acids is 1. The Balaban J connectivity index is 3.04. The molecule has 0 saturated carbocycles. The molecule has 1 aromatic rings. The van der Waals surface area contributed by atoms with E-state index in [1.807, 2.05) is 20.8 Å². The van der Waals surface area contributed by atoms with Gasteiger partial charge in [-0.1, -0.05) is 0 Å². The Labute approximate surface area is 112 Å². The van der Waals surface area contributed by atoms with Crippen molar-refractivity contribution in [3.05, 3.63) is 28.8 Å². The Hall–Kier alpha value is -2.04. The first-order valence-corrected chi connectivity index (χ1v) is 6.08. The van der Waals surface area contributed by atoms with Crippen LogP contribution in [0.2, 0.25) is 0 Å². The van der Waals surface area contributed by atoms with Gasteiger partial charge in [0.05, 0.1) is 6.61 Å². The maximum Gasteiger partial charge on any atom is 0.323 e. The van der Waals surface area contributed by atoms with Crippen LogP contribution < -0.4 is 4.74 Å². The summed E-state index contributed by atoms with van der Waals surface area (Å²) in [7, 11) is 1.47. The molecular weight excluding hydrogens is 246 g/mol. The smallest absolute Gasteiger partial charge is 0.323 e. The molecule has 19 heavy (non-hydrogen) atoms. The number of carbonyl (C=O) groups is 2. The minimum absolute atomic E-state index is 0.300. The van der Waals surface area contributed by atoms with Gasteiger partial charge >= 0.3 is 5.97 Å². The van der Waals surface area contributed by atoms with Crippen molar-refractivity contribution in [2.75, 3.05) is 20.2 Å². The summed E-state index contributed by atoms with van der Waals surface area (Å²) in [6.45, 7) is 5.81. The SMILES string of the molecule is CCOc1cc(C)c(C(=O)N(C)CC(=O)O)cc1C. The Kier molecular flexibility index (Phi) is 4.92. The Morgan fingerprint density at radius 2 is 1.89 bits per heavy atom. The zero-order valence-electron chi connectivity index (χ0n) is 11.7. The van der Waals surface area contributed by atoms with Crippen molar-refractivity contribution in [3.8, 4) is 5.75 Å². The molecule has 0 atom stereocenters. The average molecular weight is 265 g/mol. The van der Waals surface area contributed by atoms with Crippen LogP contribution in [0.1, 0.15) is 28.4 Å². The Bertz CT molecular complexity index is 496. The molecule has 5 nitrogen and oxygen atoms in total. The lowest BCUT2D eigenvalue weighted by atomic mass is 10.0. The number of aliphatic carboxylic acids is 1. The molecule has 0 heterocycles. The lowest BCUT2D eigenvalue weighted by molar-refractivity contribution is -0.137. The van der Waals surface area contributed by atoms with Gasteiger partial charge in [0, 0.05) is 12.6 Å². The molecule has 0 aliphatic carbocycles. The van der Waals surface area contributed by atoms with E-state index in [1.165, 1.54) is 11.9 Å². The third-order valence-electron chi connectivity index (χ3n) is 2.77. The number of ether oxygens (including phenoxy) is 1. The van der Waals surface area contributed by atoms with Gasteiger partial charge in [0.15, 0.2) is 0 Å². The molecule has 1 aromatic carbocycles. The predicted octanol–water partition coefficient (Wildman–Crippen LogP) is 1.86. The Morgan fingerprint density at radius 1 is 1.26 bits per heavy atom. The summed E-state index contributed by atoms with van der Waals surface area (Å²) in [4.78, 5) is 24.0. The lowest BCUT2D eigenvalue weighted by Gasteiger charge is -2.17. The fourth-order valence-electron chi connectivity index (χ4n) is 1.81. The molecule has 5 heteroatoms. The molecule has 1 N–H and O–H groups in total. The lowest BCUT2D eigenvalue weighted by Crippen LogP contribution is -2.32. The van der Waals surface area contributed by atoms with Crippen molar-refractivity contribution in [2.45, 2.75) is 20.8 Å². The first-order valence-electron chi connectivity index (χ1n) is 6.08. The predicted molar refractivity (Wildman–Crippen MR) is 71.7 cm³/mol. The van der Waals surface area contributed by atoms with Crippen molar-refractivity contribution < 1.29 is 19.4 Å².